The summed E-state index contributed by atoms with van der Waals surface area (Å²) in [5.41, 5.74) is 0.0160. The van der Waals surface area contributed by atoms with Crippen LogP contribution < -0.4 is 5.32 Å². The Morgan fingerprint density at radius 3 is 2.70 bits per heavy atom. The van der Waals surface area contributed by atoms with Crippen molar-refractivity contribution in [3.63, 3.8) is 0 Å². The Morgan fingerprint density at radius 1 is 1.40 bits per heavy atom. The molecule has 0 aromatic carbocycles. The Morgan fingerprint density at radius 2 is 2.15 bits per heavy atom. The van der Waals surface area contributed by atoms with E-state index in [0.717, 1.165) is 32.2 Å². The lowest BCUT2D eigenvalue weighted by Gasteiger charge is -2.33. The van der Waals surface area contributed by atoms with E-state index in [2.05, 4.69) is 24.1 Å². The van der Waals surface area contributed by atoms with Gasteiger partial charge in [-0.1, -0.05) is 20.3 Å². The first kappa shape index (κ1) is 15.8. The van der Waals surface area contributed by atoms with Crippen molar-refractivity contribution < 1.29 is 9.53 Å². The summed E-state index contributed by atoms with van der Waals surface area (Å²) in [7, 11) is 3.40. The first-order valence-electron chi connectivity index (χ1n) is 7.93. The third-order valence-corrected chi connectivity index (χ3v) is 5.37. The molecular weight excluding hydrogens is 252 g/mol. The van der Waals surface area contributed by atoms with E-state index in [9.17, 15) is 4.79 Å². The predicted octanol–water partition coefficient (Wildman–Crippen LogP) is 2.04. The number of hydrogen-bond acceptors (Lipinski definition) is 4. The molecule has 0 aromatic heterocycles. The summed E-state index contributed by atoms with van der Waals surface area (Å²) in [6.07, 6.45) is 5.53. The van der Waals surface area contributed by atoms with Gasteiger partial charge in [-0.05, 0) is 57.2 Å². The minimum absolute atomic E-state index is 0.0794. The molecule has 20 heavy (non-hydrogen) atoms. The fourth-order valence-electron chi connectivity index (χ4n) is 4.10. The number of carbonyl (C=O) groups is 1. The molecule has 1 N–H and O–H groups in total. The minimum Gasteiger partial charge on any atom is -0.468 e. The van der Waals surface area contributed by atoms with Crippen LogP contribution in [0.3, 0.4) is 0 Å². The molecule has 1 aliphatic heterocycles. The lowest BCUT2D eigenvalue weighted by atomic mass is 9.84. The fraction of sp³-hybridized carbons (Fsp3) is 0.938. The summed E-state index contributed by atoms with van der Waals surface area (Å²) in [5.74, 6) is 0.327. The molecule has 2 aliphatic rings. The standard InChI is InChI=1S/C16H30N2O2/c1-15(2)9-11-18(12-15)10-7-13-6-5-8-16(13,17-3)14(19)20-4/h13,17H,5-12H2,1-4H3. The van der Waals surface area contributed by atoms with Crippen LogP contribution in [0.5, 0.6) is 0 Å². The second-order valence-electron chi connectivity index (χ2n) is 7.28. The summed E-state index contributed by atoms with van der Waals surface area (Å²) in [6, 6.07) is 0. The molecule has 0 bridgehead atoms. The van der Waals surface area contributed by atoms with Gasteiger partial charge in [-0.25, -0.2) is 0 Å². The van der Waals surface area contributed by atoms with Crippen LogP contribution in [0.1, 0.15) is 46.0 Å². The van der Waals surface area contributed by atoms with Crippen molar-refractivity contribution in [3.05, 3.63) is 0 Å². The average Bonchev–Trinajstić information content (AvgIpc) is 2.99. The molecule has 1 aliphatic carbocycles. The number of hydrogen-bond donors (Lipinski definition) is 1. The highest BCUT2D eigenvalue weighted by molar-refractivity contribution is 5.81. The molecule has 0 amide bonds. The van der Waals surface area contributed by atoms with Crippen LogP contribution in [0.25, 0.3) is 0 Å². The van der Waals surface area contributed by atoms with Gasteiger partial charge in [0.1, 0.15) is 5.54 Å². The molecule has 2 rings (SSSR count). The molecule has 2 atom stereocenters. The second-order valence-corrected chi connectivity index (χ2v) is 7.28. The van der Waals surface area contributed by atoms with Gasteiger partial charge in [-0.2, -0.15) is 0 Å². The van der Waals surface area contributed by atoms with Crippen molar-refractivity contribution >= 4 is 5.97 Å². The summed E-state index contributed by atoms with van der Waals surface area (Å²) < 4.78 is 5.05. The number of likely N-dealkylation sites (N-methyl/N-ethyl adjacent to an activating group) is 1. The number of esters is 1. The Hall–Kier alpha value is -0.610. The number of ether oxygens (including phenoxy) is 1. The van der Waals surface area contributed by atoms with Crippen LogP contribution in [0.4, 0.5) is 0 Å². The lowest BCUT2D eigenvalue weighted by molar-refractivity contribution is -0.150. The van der Waals surface area contributed by atoms with Crippen LogP contribution >= 0.6 is 0 Å². The average molecular weight is 282 g/mol. The first-order valence-corrected chi connectivity index (χ1v) is 7.93. The van der Waals surface area contributed by atoms with Crippen LogP contribution in [0.15, 0.2) is 0 Å². The summed E-state index contributed by atoms with van der Waals surface area (Å²) >= 11 is 0. The number of nitrogens with one attached hydrogen (secondary N) is 1. The largest absolute Gasteiger partial charge is 0.468 e. The zero-order valence-corrected chi connectivity index (χ0v) is 13.5. The first-order chi connectivity index (χ1) is 9.43. The van der Waals surface area contributed by atoms with Gasteiger partial charge in [0.2, 0.25) is 0 Å². The highest BCUT2D eigenvalue weighted by atomic mass is 16.5. The van der Waals surface area contributed by atoms with E-state index in [4.69, 9.17) is 4.74 Å². The Balaban J connectivity index is 1.93. The van der Waals surface area contributed by atoms with Crippen molar-refractivity contribution in [2.75, 3.05) is 33.8 Å². The predicted molar refractivity (Wildman–Crippen MR) is 80.6 cm³/mol. The van der Waals surface area contributed by atoms with Crippen LogP contribution in [-0.2, 0) is 9.53 Å². The zero-order valence-electron chi connectivity index (χ0n) is 13.5. The van der Waals surface area contributed by atoms with Gasteiger partial charge < -0.3 is 15.0 Å². The van der Waals surface area contributed by atoms with Gasteiger partial charge in [-0.15, -0.1) is 0 Å². The Kier molecular flexibility index (Phi) is 4.75. The van der Waals surface area contributed by atoms with Crippen LogP contribution in [-0.4, -0.2) is 50.2 Å². The Labute approximate surface area is 123 Å². The molecule has 1 saturated carbocycles. The number of likely N-dealkylation sites (tertiary alicyclic amines) is 1. The summed E-state index contributed by atoms with van der Waals surface area (Å²) in [4.78, 5) is 14.7. The van der Waals surface area contributed by atoms with Crippen molar-refractivity contribution in [3.8, 4) is 0 Å². The summed E-state index contributed by atoms with van der Waals surface area (Å²) in [5, 5.41) is 3.28. The van der Waals surface area contributed by atoms with Crippen molar-refractivity contribution in [2.45, 2.75) is 51.5 Å². The normalized spacial score (nSPS) is 33.5. The van der Waals surface area contributed by atoms with E-state index in [1.807, 2.05) is 7.05 Å². The monoisotopic (exact) mass is 282 g/mol. The molecule has 116 valence electrons. The van der Waals surface area contributed by atoms with Crippen molar-refractivity contribution in [1.29, 1.82) is 0 Å². The maximum atomic E-state index is 12.2. The van der Waals surface area contributed by atoms with Crippen LogP contribution in [0, 0.1) is 11.3 Å². The van der Waals surface area contributed by atoms with Gasteiger partial charge >= 0.3 is 5.97 Å². The molecular formula is C16H30N2O2. The van der Waals surface area contributed by atoms with Gasteiger partial charge in [-0.3, -0.25) is 4.79 Å². The quantitative estimate of drug-likeness (QED) is 0.784. The Bertz CT molecular complexity index is 356. The fourth-order valence-corrected chi connectivity index (χ4v) is 4.10. The van der Waals surface area contributed by atoms with E-state index in [1.165, 1.54) is 26.6 Å². The van der Waals surface area contributed by atoms with E-state index in [-0.39, 0.29) is 5.97 Å². The zero-order chi connectivity index (χ0) is 14.8. The SMILES string of the molecule is CNC1(C(=O)OC)CCCC1CCN1CCC(C)(C)C1. The second kappa shape index (κ2) is 6.02. The van der Waals surface area contributed by atoms with Gasteiger partial charge in [0.25, 0.3) is 0 Å². The third kappa shape index (κ3) is 3.01. The molecule has 4 heteroatoms. The van der Waals surface area contributed by atoms with E-state index in [0.29, 0.717) is 11.3 Å². The van der Waals surface area contributed by atoms with E-state index >= 15 is 0 Å². The van der Waals surface area contributed by atoms with Crippen LogP contribution in [0.2, 0.25) is 0 Å². The molecule has 0 aromatic rings. The number of rotatable bonds is 5. The smallest absolute Gasteiger partial charge is 0.326 e. The topological polar surface area (TPSA) is 41.6 Å². The number of carbonyl (C=O) groups excluding carboxylic acids is 1. The lowest BCUT2D eigenvalue weighted by Crippen LogP contribution is -2.54. The highest BCUT2D eigenvalue weighted by Gasteiger charge is 2.48. The maximum absolute atomic E-state index is 12.2. The number of nitrogens with zero attached hydrogens (tertiary/aromatic N) is 1. The molecule has 1 heterocycles. The van der Waals surface area contributed by atoms with E-state index < -0.39 is 5.54 Å². The number of methoxy groups -OCH3 is 1. The molecule has 4 nitrogen and oxygen atoms in total. The van der Waals surface area contributed by atoms with Gasteiger partial charge in [0, 0.05) is 6.54 Å². The minimum atomic E-state index is -0.440. The molecule has 1 saturated heterocycles. The molecule has 0 radical (unpaired) electrons. The molecule has 2 unspecified atom stereocenters. The van der Waals surface area contributed by atoms with Gasteiger partial charge in [0.05, 0.1) is 7.11 Å². The molecule has 2 fully saturated rings. The van der Waals surface area contributed by atoms with E-state index in [1.54, 1.807) is 0 Å². The third-order valence-electron chi connectivity index (χ3n) is 5.37. The van der Waals surface area contributed by atoms with Crippen molar-refractivity contribution in [2.24, 2.45) is 11.3 Å². The van der Waals surface area contributed by atoms with Crippen molar-refractivity contribution in [1.82, 2.24) is 10.2 Å². The maximum Gasteiger partial charge on any atom is 0.326 e. The summed E-state index contributed by atoms with van der Waals surface area (Å²) in [6.45, 7) is 8.17. The highest BCUT2D eigenvalue weighted by Crippen LogP contribution is 2.39. The van der Waals surface area contributed by atoms with Gasteiger partial charge in [0.15, 0.2) is 0 Å². The molecule has 0 spiro atoms.